The van der Waals surface area contributed by atoms with Crippen LogP contribution in [0.15, 0.2) is 59.8 Å². The number of nitrogens with zero attached hydrogens (tertiary/aromatic N) is 2. The standard InChI is InChI=1S/C16H12F3N5O3S/c17-16(18,19)11-4-2-5-12(8-11)24-28(26,27)13-6-1-3-10(7-13)14(25)22-15-20-9-21-23-15/h1-9,24H,(H2,20,21,22,23,25). The van der Waals surface area contributed by atoms with Crippen LogP contribution in [-0.2, 0) is 16.2 Å². The van der Waals surface area contributed by atoms with Crippen molar-refractivity contribution in [2.75, 3.05) is 10.0 Å². The van der Waals surface area contributed by atoms with Gasteiger partial charge in [0.1, 0.15) is 6.33 Å². The second kappa shape index (κ2) is 7.31. The van der Waals surface area contributed by atoms with Gasteiger partial charge in [0.05, 0.1) is 10.5 Å². The lowest BCUT2D eigenvalue weighted by Gasteiger charge is -2.12. The molecule has 8 nitrogen and oxygen atoms in total. The van der Waals surface area contributed by atoms with Crippen LogP contribution < -0.4 is 10.0 Å². The molecule has 146 valence electrons. The zero-order valence-electron chi connectivity index (χ0n) is 13.9. The Morgan fingerprint density at radius 1 is 1.07 bits per heavy atom. The van der Waals surface area contributed by atoms with E-state index in [4.69, 9.17) is 0 Å². The number of hydrogen-bond donors (Lipinski definition) is 3. The van der Waals surface area contributed by atoms with Gasteiger partial charge in [0, 0.05) is 11.3 Å². The van der Waals surface area contributed by atoms with E-state index in [2.05, 4.69) is 25.2 Å². The molecule has 1 amide bonds. The molecule has 2 aromatic carbocycles. The number of aromatic nitrogens is 3. The largest absolute Gasteiger partial charge is 0.416 e. The van der Waals surface area contributed by atoms with Crippen molar-refractivity contribution in [2.45, 2.75) is 11.1 Å². The number of halogens is 3. The minimum Gasteiger partial charge on any atom is -0.291 e. The fourth-order valence-electron chi connectivity index (χ4n) is 2.22. The van der Waals surface area contributed by atoms with E-state index < -0.39 is 27.7 Å². The van der Waals surface area contributed by atoms with Gasteiger partial charge in [-0.2, -0.15) is 23.3 Å². The highest BCUT2D eigenvalue weighted by molar-refractivity contribution is 7.92. The SMILES string of the molecule is O=C(Nc1ncn[nH]1)c1cccc(S(=O)(=O)Nc2cccc(C(F)(F)F)c2)c1. The lowest BCUT2D eigenvalue weighted by atomic mass is 10.2. The molecule has 0 fully saturated rings. The van der Waals surface area contributed by atoms with Gasteiger partial charge in [0.2, 0.25) is 5.95 Å². The predicted octanol–water partition coefficient (Wildman–Crippen LogP) is 2.88. The van der Waals surface area contributed by atoms with E-state index in [9.17, 15) is 26.4 Å². The molecule has 3 rings (SSSR count). The fraction of sp³-hybridized carbons (Fsp3) is 0.0625. The summed E-state index contributed by atoms with van der Waals surface area (Å²) in [5.41, 5.74) is -1.25. The number of H-pyrrole nitrogens is 1. The van der Waals surface area contributed by atoms with Crippen molar-refractivity contribution in [3.63, 3.8) is 0 Å². The average molecular weight is 411 g/mol. The fourth-order valence-corrected chi connectivity index (χ4v) is 3.32. The summed E-state index contributed by atoms with van der Waals surface area (Å²) in [6.07, 6.45) is -3.43. The summed E-state index contributed by atoms with van der Waals surface area (Å²) in [4.78, 5) is 15.6. The van der Waals surface area contributed by atoms with E-state index in [1.54, 1.807) is 0 Å². The first-order chi connectivity index (χ1) is 13.1. The van der Waals surface area contributed by atoms with Crippen LogP contribution >= 0.6 is 0 Å². The molecule has 0 bridgehead atoms. The highest BCUT2D eigenvalue weighted by atomic mass is 32.2. The molecule has 3 N–H and O–H groups in total. The summed E-state index contributed by atoms with van der Waals surface area (Å²) >= 11 is 0. The van der Waals surface area contributed by atoms with Crippen LogP contribution in [0.3, 0.4) is 0 Å². The second-order valence-corrected chi connectivity index (χ2v) is 7.18. The lowest BCUT2D eigenvalue weighted by Crippen LogP contribution is -2.16. The number of hydrogen-bond acceptors (Lipinski definition) is 5. The molecule has 0 aliphatic carbocycles. The Morgan fingerprint density at radius 3 is 2.50 bits per heavy atom. The maximum atomic E-state index is 12.8. The van der Waals surface area contributed by atoms with Gasteiger partial charge in [-0.05, 0) is 36.4 Å². The van der Waals surface area contributed by atoms with Crippen molar-refractivity contribution in [3.05, 3.63) is 66.0 Å². The molecule has 0 atom stereocenters. The number of carbonyl (C=O) groups excluding carboxylic acids is 1. The topological polar surface area (TPSA) is 117 Å². The molecule has 0 aliphatic rings. The van der Waals surface area contributed by atoms with Gasteiger partial charge in [-0.3, -0.25) is 14.8 Å². The number of nitrogens with one attached hydrogen (secondary N) is 3. The predicted molar refractivity (Wildman–Crippen MR) is 93.0 cm³/mol. The molecule has 28 heavy (non-hydrogen) atoms. The van der Waals surface area contributed by atoms with Crippen LogP contribution in [0.25, 0.3) is 0 Å². The summed E-state index contributed by atoms with van der Waals surface area (Å²) in [5, 5.41) is 8.36. The van der Waals surface area contributed by atoms with Gasteiger partial charge in [0.15, 0.2) is 0 Å². The van der Waals surface area contributed by atoms with Crippen LogP contribution in [0.5, 0.6) is 0 Å². The summed E-state index contributed by atoms with van der Waals surface area (Å²) in [6.45, 7) is 0. The van der Waals surface area contributed by atoms with Crippen molar-refractivity contribution in [1.29, 1.82) is 0 Å². The molecular formula is C16H12F3N5O3S. The van der Waals surface area contributed by atoms with Crippen molar-refractivity contribution in [1.82, 2.24) is 15.2 Å². The lowest BCUT2D eigenvalue weighted by molar-refractivity contribution is -0.137. The smallest absolute Gasteiger partial charge is 0.291 e. The summed E-state index contributed by atoms with van der Waals surface area (Å²) in [6, 6.07) is 8.77. The number of benzene rings is 2. The van der Waals surface area contributed by atoms with Gasteiger partial charge in [0.25, 0.3) is 15.9 Å². The maximum Gasteiger partial charge on any atom is 0.416 e. The average Bonchev–Trinajstić information content (AvgIpc) is 3.14. The molecular weight excluding hydrogens is 399 g/mol. The van der Waals surface area contributed by atoms with Crippen molar-refractivity contribution in [2.24, 2.45) is 0 Å². The minimum absolute atomic E-state index is 0.00307. The minimum atomic E-state index is -4.61. The van der Waals surface area contributed by atoms with Crippen LogP contribution in [0.4, 0.5) is 24.8 Å². The molecule has 12 heteroatoms. The second-order valence-electron chi connectivity index (χ2n) is 5.50. The van der Waals surface area contributed by atoms with Crippen molar-refractivity contribution < 1.29 is 26.4 Å². The van der Waals surface area contributed by atoms with Gasteiger partial charge >= 0.3 is 6.18 Å². The Morgan fingerprint density at radius 2 is 1.82 bits per heavy atom. The number of sulfonamides is 1. The molecule has 0 unspecified atom stereocenters. The Balaban J connectivity index is 1.83. The third-order valence-corrected chi connectivity index (χ3v) is 4.87. The molecule has 0 spiro atoms. The normalized spacial score (nSPS) is 11.8. The molecule has 3 aromatic rings. The zero-order valence-corrected chi connectivity index (χ0v) is 14.7. The Kier molecular flexibility index (Phi) is 5.05. The van der Waals surface area contributed by atoms with E-state index in [0.29, 0.717) is 6.07 Å². The number of rotatable bonds is 5. The molecule has 0 aliphatic heterocycles. The number of carbonyl (C=O) groups is 1. The van der Waals surface area contributed by atoms with Crippen molar-refractivity contribution in [3.8, 4) is 0 Å². The summed E-state index contributed by atoms with van der Waals surface area (Å²) < 4.78 is 65.4. The van der Waals surface area contributed by atoms with E-state index in [1.165, 1.54) is 30.6 Å². The number of anilines is 2. The maximum absolute atomic E-state index is 12.8. The highest BCUT2D eigenvalue weighted by Gasteiger charge is 2.30. The summed E-state index contributed by atoms with van der Waals surface area (Å²) in [7, 11) is -4.23. The first-order valence-corrected chi connectivity index (χ1v) is 9.10. The van der Waals surface area contributed by atoms with E-state index >= 15 is 0 Å². The molecule has 0 saturated heterocycles. The van der Waals surface area contributed by atoms with Gasteiger partial charge < -0.3 is 0 Å². The molecule has 1 aromatic heterocycles. The first-order valence-electron chi connectivity index (χ1n) is 7.62. The number of amides is 1. The van der Waals surface area contributed by atoms with E-state index in [1.807, 2.05) is 0 Å². The number of alkyl halides is 3. The summed E-state index contributed by atoms with van der Waals surface area (Å²) in [5.74, 6) is -0.576. The Bertz CT molecular complexity index is 1100. The highest BCUT2D eigenvalue weighted by Crippen LogP contribution is 2.31. The van der Waals surface area contributed by atoms with Gasteiger partial charge in [-0.25, -0.2) is 13.5 Å². The number of aromatic amines is 1. The monoisotopic (exact) mass is 411 g/mol. The molecule has 1 heterocycles. The van der Waals surface area contributed by atoms with E-state index in [0.717, 1.165) is 18.2 Å². The Labute approximate surface area is 156 Å². The van der Waals surface area contributed by atoms with Crippen LogP contribution in [0.2, 0.25) is 0 Å². The zero-order chi connectivity index (χ0) is 20.4. The van der Waals surface area contributed by atoms with Crippen LogP contribution in [0, 0.1) is 0 Å². The van der Waals surface area contributed by atoms with Crippen molar-refractivity contribution >= 4 is 27.6 Å². The molecule has 0 saturated carbocycles. The van der Waals surface area contributed by atoms with Crippen LogP contribution in [-0.4, -0.2) is 29.5 Å². The third-order valence-electron chi connectivity index (χ3n) is 3.50. The van der Waals surface area contributed by atoms with E-state index in [-0.39, 0.29) is 22.1 Å². The quantitative estimate of drug-likeness (QED) is 0.597. The van der Waals surface area contributed by atoms with Gasteiger partial charge in [-0.15, -0.1) is 0 Å². The molecule has 0 radical (unpaired) electrons. The first kappa shape index (κ1) is 19.4. The third kappa shape index (κ3) is 4.46. The Hall–Kier alpha value is -3.41. The van der Waals surface area contributed by atoms with Gasteiger partial charge in [-0.1, -0.05) is 12.1 Å². The van der Waals surface area contributed by atoms with Crippen LogP contribution in [0.1, 0.15) is 15.9 Å².